The lowest BCUT2D eigenvalue weighted by atomic mass is 10.3. The predicted octanol–water partition coefficient (Wildman–Crippen LogP) is 1.96. The van der Waals surface area contributed by atoms with Gasteiger partial charge in [-0.3, -0.25) is 4.98 Å². The second-order valence-corrected chi connectivity index (χ2v) is 3.04. The average Bonchev–Trinajstić information content (AvgIpc) is 2.30. The molecule has 79 valence electrons. The molecular formula is C11H9N3O2+. The molecule has 1 aromatic heterocycles. The summed E-state index contributed by atoms with van der Waals surface area (Å²) in [6, 6.07) is 10.9. The molecule has 2 rings (SSSR count). The smallest absolute Gasteiger partial charge is 0.295 e. The van der Waals surface area contributed by atoms with E-state index < -0.39 is 0 Å². The summed E-state index contributed by atoms with van der Waals surface area (Å²) in [6.07, 6.45) is 3.22. The first-order valence-electron chi connectivity index (χ1n) is 4.57. The van der Waals surface area contributed by atoms with Gasteiger partial charge in [-0.1, -0.05) is 0 Å². The lowest BCUT2D eigenvalue weighted by molar-refractivity contribution is -0.474. The first-order valence-corrected chi connectivity index (χ1v) is 4.57. The zero-order valence-electron chi connectivity index (χ0n) is 8.33. The number of benzene rings is 1. The number of nitrogens with two attached hydrogens (primary N) is 1. The first kappa shape index (κ1) is 10.1. The van der Waals surface area contributed by atoms with E-state index in [2.05, 4.69) is 11.1 Å². The van der Waals surface area contributed by atoms with E-state index in [-0.39, 0.29) is 10.6 Å². The SMILES string of the molecule is N[N+](=O)c1c[c]cc(Oc2cccnc2)c1. The van der Waals surface area contributed by atoms with Crippen molar-refractivity contribution in [3.05, 3.63) is 53.7 Å². The van der Waals surface area contributed by atoms with Crippen LogP contribution >= 0.6 is 0 Å². The van der Waals surface area contributed by atoms with E-state index >= 15 is 0 Å². The van der Waals surface area contributed by atoms with E-state index in [1.807, 2.05) is 0 Å². The van der Waals surface area contributed by atoms with Gasteiger partial charge < -0.3 is 4.74 Å². The maximum atomic E-state index is 10.9. The highest BCUT2D eigenvalue weighted by Gasteiger charge is 2.09. The minimum atomic E-state index is 0.257. The summed E-state index contributed by atoms with van der Waals surface area (Å²) in [6.45, 7) is 0. The fourth-order valence-electron chi connectivity index (χ4n) is 1.17. The summed E-state index contributed by atoms with van der Waals surface area (Å²) in [5.41, 5.74) is 0.279. The Morgan fingerprint density at radius 2 is 2.25 bits per heavy atom. The second kappa shape index (κ2) is 4.39. The van der Waals surface area contributed by atoms with Gasteiger partial charge in [-0.25, -0.2) is 0 Å². The number of aromatic nitrogens is 1. The molecule has 1 radical (unpaired) electrons. The molecule has 16 heavy (non-hydrogen) atoms. The standard InChI is InChI=1S/C11H9N3O2/c12-14(15)9-3-1-4-10(7-9)16-11-5-2-6-13-8-11/h2-8H,(H2,12,15)/q+1. The van der Waals surface area contributed by atoms with Crippen LogP contribution in [0.3, 0.4) is 0 Å². The number of pyridine rings is 1. The number of ether oxygens (including phenoxy) is 1. The monoisotopic (exact) mass is 215 g/mol. The maximum absolute atomic E-state index is 10.9. The summed E-state index contributed by atoms with van der Waals surface area (Å²) in [7, 11) is 0. The summed E-state index contributed by atoms with van der Waals surface area (Å²) >= 11 is 0. The summed E-state index contributed by atoms with van der Waals surface area (Å²) in [5, 5.41) is 0. The van der Waals surface area contributed by atoms with Crippen molar-refractivity contribution < 1.29 is 9.61 Å². The van der Waals surface area contributed by atoms with Crippen LogP contribution in [0.5, 0.6) is 11.5 Å². The van der Waals surface area contributed by atoms with Crippen LogP contribution in [-0.4, -0.2) is 9.85 Å². The molecule has 5 heteroatoms. The lowest BCUT2D eigenvalue weighted by Gasteiger charge is -2.03. The highest BCUT2D eigenvalue weighted by atomic mass is 16.5. The normalized spacial score (nSPS) is 9.75. The van der Waals surface area contributed by atoms with Crippen molar-refractivity contribution in [2.75, 3.05) is 0 Å². The van der Waals surface area contributed by atoms with Gasteiger partial charge in [-0.15, -0.1) is 0 Å². The summed E-state index contributed by atoms with van der Waals surface area (Å²) in [5.74, 6) is 6.13. The van der Waals surface area contributed by atoms with Crippen LogP contribution in [0.2, 0.25) is 0 Å². The Bertz CT molecular complexity index is 500. The van der Waals surface area contributed by atoms with Gasteiger partial charge >= 0.3 is 0 Å². The molecule has 0 bridgehead atoms. The van der Waals surface area contributed by atoms with Crippen molar-refractivity contribution in [2.45, 2.75) is 0 Å². The molecule has 2 N–H and O–H groups in total. The highest BCUT2D eigenvalue weighted by Crippen LogP contribution is 2.23. The molecule has 0 atom stereocenters. The van der Waals surface area contributed by atoms with E-state index in [0.717, 1.165) is 0 Å². The molecule has 0 amide bonds. The molecule has 5 nitrogen and oxygen atoms in total. The van der Waals surface area contributed by atoms with Crippen molar-refractivity contribution in [1.82, 2.24) is 4.98 Å². The Morgan fingerprint density at radius 3 is 2.94 bits per heavy atom. The third-order valence-corrected chi connectivity index (χ3v) is 1.87. The number of hydrogen-bond acceptors (Lipinski definition) is 3. The Morgan fingerprint density at radius 1 is 1.38 bits per heavy atom. The third-order valence-electron chi connectivity index (χ3n) is 1.87. The molecule has 0 aliphatic heterocycles. The molecule has 0 saturated heterocycles. The van der Waals surface area contributed by atoms with Gasteiger partial charge in [-0.2, -0.15) is 5.84 Å². The van der Waals surface area contributed by atoms with Crippen molar-refractivity contribution in [3.63, 3.8) is 0 Å². The largest absolute Gasteiger partial charge is 0.455 e. The number of rotatable bonds is 3. The average molecular weight is 215 g/mol. The molecule has 0 aliphatic rings. The van der Waals surface area contributed by atoms with Gasteiger partial charge in [0.1, 0.15) is 11.5 Å². The van der Waals surface area contributed by atoms with Gasteiger partial charge in [0.15, 0.2) is 4.87 Å². The number of nitroso groups, excluding NO2 is 1. The van der Waals surface area contributed by atoms with E-state index in [1.54, 1.807) is 30.6 Å². The summed E-state index contributed by atoms with van der Waals surface area (Å²) in [4.78, 5) is 15.0. The molecule has 0 unspecified atom stereocenters. The summed E-state index contributed by atoms with van der Waals surface area (Å²) < 4.78 is 5.45. The van der Waals surface area contributed by atoms with E-state index in [4.69, 9.17) is 10.6 Å². The minimum absolute atomic E-state index is 0.257. The van der Waals surface area contributed by atoms with Crippen molar-refractivity contribution >= 4 is 5.69 Å². The highest BCUT2D eigenvalue weighted by molar-refractivity contribution is 5.39. The Labute approximate surface area is 92.0 Å². The maximum Gasteiger partial charge on any atom is 0.295 e. The quantitative estimate of drug-likeness (QED) is 0.482. The third kappa shape index (κ3) is 2.33. The Balaban J connectivity index is 2.22. The van der Waals surface area contributed by atoms with Crippen LogP contribution in [0, 0.1) is 11.0 Å². The van der Waals surface area contributed by atoms with Gasteiger partial charge in [0.2, 0.25) is 0 Å². The number of nitrogens with zero attached hydrogens (tertiary/aromatic N) is 2. The lowest BCUT2D eigenvalue weighted by Crippen LogP contribution is -2.08. The van der Waals surface area contributed by atoms with Gasteiger partial charge in [0.25, 0.3) is 5.69 Å². The van der Waals surface area contributed by atoms with Crippen LogP contribution < -0.4 is 10.6 Å². The van der Waals surface area contributed by atoms with Gasteiger partial charge in [-0.05, 0) is 24.3 Å². The fraction of sp³-hybridized carbons (Fsp3) is 0. The number of hydrazine groups is 1. The van der Waals surface area contributed by atoms with E-state index in [0.29, 0.717) is 11.5 Å². The van der Waals surface area contributed by atoms with Crippen molar-refractivity contribution in [3.8, 4) is 11.5 Å². The van der Waals surface area contributed by atoms with Gasteiger partial charge in [0, 0.05) is 12.3 Å². The van der Waals surface area contributed by atoms with E-state index in [1.165, 1.54) is 12.1 Å². The zero-order chi connectivity index (χ0) is 11.4. The van der Waals surface area contributed by atoms with Crippen LogP contribution in [0.4, 0.5) is 5.69 Å². The van der Waals surface area contributed by atoms with E-state index in [9.17, 15) is 4.91 Å². The second-order valence-electron chi connectivity index (χ2n) is 3.04. The van der Waals surface area contributed by atoms with Crippen molar-refractivity contribution in [1.29, 1.82) is 0 Å². The zero-order valence-corrected chi connectivity index (χ0v) is 8.33. The molecule has 0 saturated carbocycles. The predicted molar refractivity (Wildman–Crippen MR) is 57.1 cm³/mol. The first-order chi connectivity index (χ1) is 7.75. The van der Waals surface area contributed by atoms with Crippen molar-refractivity contribution in [2.24, 2.45) is 5.84 Å². The molecule has 2 aromatic rings. The van der Waals surface area contributed by atoms with Crippen LogP contribution in [0.1, 0.15) is 0 Å². The van der Waals surface area contributed by atoms with Crippen LogP contribution in [-0.2, 0) is 0 Å². The molecule has 0 aliphatic carbocycles. The fourth-order valence-corrected chi connectivity index (χ4v) is 1.17. The molecule has 1 aromatic carbocycles. The molecule has 0 fully saturated rings. The molecule has 0 spiro atoms. The topological polar surface area (TPSA) is 68.2 Å². The molecular weight excluding hydrogens is 206 g/mol. The Kier molecular flexibility index (Phi) is 2.77. The number of hydrogen-bond donors (Lipinski definition) is 1. The van der Waals surface area contributed by atoms with Gasteiger partial charge in [0.05, 0.1) is 17.2 Å². The van der Waals surface area contributed by atoms with Crippen LogP contribution in [0.15, 0.2) is 42.7 Å². The Hall–Kier alpha value is -2.43. The van der Waals surface area contributed by atoms with Crippen LogP contribution in [0.25, 0.3) is 0 Å². The minimum Gasteiger partial charge on any atom is -0.455 e. The molecule has 1 heterocycles.